The number of nitrogens with zero attached hydrogens (tertiary/aromatic N) is 2. The van der Waals surface area contributed by atoms with Gasteiger partial charge < -0.3 is 4.90 Å². The summed E-state index contributed by atoms with van der Waals surface area (Å²) in [6.45, 7) is 0. The Labute approximate surface area is 119 Å². The van der Waals surface area contributed by atoms with Crippen molar-refractivity contribution in [2.75, 3.05) is 19.0 Å². The molecule has 102 valence electrons. The molecule has 0 aliphatic carbocycles. The molecule has 0 aliphatic heterocycles. The zero-order valence-electron chi connectivity index (χ0n) is 11.7. The third kappa shape index (κ3) is 3.36. The number of benzene rings is 2. The van der Waals surface area contributed by atoms with Gasteiger partial charge in [0.25, 0.3) is 0 Å². The lowest BCUT2D eigenvalue weighted by Gasteiger charge is -2.16. The predicted molar refractivity (Wildman–Crippen MR) is 79.2 cm³/mol. The van der Waals surface area contributed by atoms with E-state index in [1.807, 2.05) is 43.3 Å². The molecular formula is C17H17FN2. The van der Waals surface area contributed by atoms with Crippen molar-refractivity contribution >= 4 is 5.69 Å². The average Bonchev–Trinajstić information content (AvgIpc) is 2.46. The van der Waals surface area contributed by atoms with Gasteiger partial charge in [0, 0.05) is 19.8 Å². The molecule has 0 radical (unpaired) electrons. The van der Waals surface area contributed by atoms with Crippen molar-refractivity contribution in [2.24, 2.45) is 0 Å². The first-order valence-electron chi connectivity index (χ1n) is 6.51. The molecule has 20 heavy (non-hydrogen) atoms. The van der Waals surface area contributed by atoms with Gasteiger partial charge in [0.15, 0.2) is 0 Å². The van der Waals surface area contributed by atoms with E-state index in [1.54, 1.807) is 12.1 Å². The van der Waals surface area contributed by atoms with Gasteiger partial charge in [0.1, 0.15) is 5.82 Å². The van der Waals surface area contributed by atoms with Crippen molar-refractivity contribution in [3.8, 4) is 6.07 Å². The van der Waals surface area contributed by atoms with Gasteiger partial charge in [-0.2, -0.15) is 5.26 Å². The number of anilines is 1. The summed E-state index contributed by atoms with van der Waals surface area (Å²) >= 11 is 0. The highest BCUT2D eigenvalue weighted by atomic mass is 19.1. The van der Waals surface area contributed by atoms with Crippen molar-refractivity contribution in [1.29, 1.82) is 5.26 Å². The molecule has 2 aromatic rings. The zero-order chi connectivity index (χ0) is 14.5. The van der Waals surface area contributed by atoms with Gasteiger partial charge in [-0.3, -0.25) is 0 Å². The first-order chi connectivity index (χ1) is 9.60. The Bertz CT molecular complexity index is 612. The fourth-order valence-electron chi connectivity index (χ4n) is 2.11. The molecule has 2 rings (SSSR count). The quantitative estimate of drug-likeness (QED) is 0.844. The van der Waals surface area contributed by atoms with E-state index in [1.165, 1.54) is 12.1 Å². The van der Waals surface area contributed by atoms with Crippen LogP contribution in [-0.2, 0) is 6.42 Å². The van der Waals surface area contributed by atoms with Crippen LogP contribution in [0.25, 0.3) is 0 Å². The van der Waals surface area contributed by atoms with E-state index < -0.39 is 0 Å². The first-order valence-corrected chi connectivity index (χ1v) is 6.51. The lowest BCUT2D eigenvalue weighted by Crippen LogP contribution is -2.09. The Balaban J connectivity index is 2.22. The van der Waals surface area contributed by atoms with E-state index in [9.17, 15) is 9.65 Å². The molecule has 0 N–H and O–H groups in total. The molecule has 3 heteroatoms. The average molecular weight is 268 g/mol. The monoisotopic (exact) mass is 268 g/mol. The maximum absolute atomic E-state index is 12.9. The second-order valence-electron chi connectivity index (χ2n) is 5.00. The Morgan fingerprint density at radius 3 is 2.45 bits per heavy atom. The van der Waals surface area contributed by atoms with Crippen LogP contribution < -0.4 is 4.90 Å². The standard InChI is InChI=1S/C17H17FN2/c1-20(2)17-5-3-4-14(11-17)15(12-19)10-13-6-8-16(18)9-7-13/h3-9,11,15H,10H2,1-2H3. The fraction of sp³-hybridized carbons (Fsp3) is 0.235. The van der Waals surface area contributed by atoms with E-state index in [4.69, 9.17) is 0 Å². The molecule has 0 bridgehead atoms. The normalized spacial score (nSPS) is 11.7. The van der Waals surface area contributed by atoms with E-state index in [0.29, 0.717) is 6.42 Å². The largest absolute Gasteiger partial charge is 0.378 e. The van der Waals surface area contributed by atoms with Crippen LogP contribution in [-0.4, -0.2) is 14.1 Å². The van der Waals surface area contributed by atoms with Crippen LogP contribution in [0.1, 0.15) is 17.0 Å². The summed E-state index contributed by atoms with van der Waals surface area (Å²) in [6, 6.07) is 16.6. The van der Waals surface area contributed by atoms with Crippen molar-refractivity contribution < 1.29 is 4.39 Å². The summed E-state index contributed by atoms with van der Waals surface area (Å²) in [5, 5.41) is 9.39. The van der Waals surface area contributed by atoms with Crippen LogP contribution >= 0.6 is 0 Å². The molecule has 0 amide bonds. The highest BCUT2D eigenvalue weighted by molar-refractivity contribution is 5.49. The molecule has 0 aliphatic rings. The number of hydrogen-bond acceptors (Lipinski definition) is 2. The summed E-state index contributed by atoms with van der Waals surface area (Å²) in [6.07, 6.45) is 0.591. The van der Waals surface area contributed by atoms with E-state index >= 15 is 0 Å². The minimum atomic E-state index is -0.253. The Kier molecular flexibility index (Phi) is 4.37. The number of nitriles is 1. The zero-order valence-corrected chi connectivity index (χ0v) is 11.7. The fourth-order valence-corrected chi connectivity index (χ4v) is 2.11. The van der Waals surface area contributed by atoms with Crippen molar-refractivity contribution in [2.45, 2.75) is 12.3 Å². The molecule has 1 unspecified atom stereocenters. The molecule has 0 aromatic heterocycles. The van der Waals surface area contributed by atoms with Gasteiger partial charge in [0.2, 0.25) is 0 Å². The van der Waals surface area contributed by atoms with Gasteiger partial charge in [-0.05, 0) is 41.8 Å². The molecule has 0 spiro atoms. The maximum atomic E-state index is 12.9. The summed E-state index contributed by atoms with van der Waals surface area (Å²) in [4.78, 5) is 2.01. The summed E-state index contributed by atoms with van der Waals surface area (Å²) < 4.78 is 12.9. The van der Waals surface area contributed by atoms with E-state index in [-0.39, 0.29) is 11.7 Å². The van der Waals surface area contributed by atoms with Crippen LogP contribution in [0.4, 0.5) is 10.1 Å². The lowest BCUT2D eigenvalue weighted by atomic mass is 9.93. The number of halogens is 1. The Morgan fingerprint density at radius 1 is 1.15 bits per heavy atom. The van der Waals surface area contributed by atoms with E-state index in [2.05, 4.69) is 6.07 Å². The number of hydrogen-bond donors (Lipinski definition) is 0. The van der Waals surface area contributed by atoms with Gasteiger partial charge in [-0.15, -0.1) is 0 Å². The minimum absolute atomic E-state index is 0.222. The third-order valence-corrected chi connectivity index (χ3v) is 3.30. The maximum Gasteiger partial charge on any atom is 0.123 e. The molecule has 2 aromatic carbocycles. The van der Waals surface area contributed by atoms with E-state index in [0.717, 1.165) is 16.8 Å². The molecule has 0 saturated heterocycles. The minimum Gasteiger partial charge on any atom is -0.378 e. The third-order valence-electron chi connectivity index (χ3n) is 3.30. The van der Waals surface area contributed by atoms with Crippen molar-refractivity contribution in [3.63, 3.8) is 0 Å². The second kappa shape index (κ2) is 6.21. The molecule has 1 atom stereocenters. The molecule has 2 nitrogen and oxygen atoms in total. The lowest BCUT2D eigenvalue weighted by molar-refractivity contribution is 0.626. The van der Waals surface area contributed by atoms with Crippen LogP contribution in [0, 0.1) is 17.1 Å². The molecule has 0 saturated carbocycles. The van der Waals surface area contributed by atoms with Crippen LogP contribution in [0.2, 0.25) is 0 Å². The van der Waals surface area contributed by atoms with Crippen LogP contribution in [0.15, 0.2) is 48.5 Å². The van der Waals surface area contributed by atoms with Gasteiger partial charge in [-0.1, -0.05) is 24.3 Å². The Hall–Kier alpha value is -2.34. The summed E-state index contributed by atoms with van der Waals surface area (Å²) in [5.74, 6) is -0.475. The predicted octanol–water partition coefficient (Wildman–Crippen LogP) is 3.74. The number of rotatable bonds is 4. The Morgan fingerprint density at radius 2 is 1.85 bits per heavy atom. The topological polar surface area (TPSA) is 27.0 Å². The molecule has 0 fully saturated rings. The molecule has 0 heterocycles. The highest BCUT2D eigenvalue weighted by Crippen LogP contribution is 2.24. The first kappa shape index (κ1) is 14.1. The smallest absolute Gasteiger partial charge is 0.123 e. The SMILES string of the molecule is CN(C)c1cccc(C(C#N)Cc2ccc(F)cc2)c1. The van der Waals surface area contributed by atoms with Gasteiger partial charge >= 0.3 is 0 Å². The second-order valence-corrected chi connectivity index (χ2v) is 5.00. The highest BCUT2D eigenvalue weighted by Gasteiger charge is 2.12. The summed E-state index contributed by atoms with van der Waals surface area (Å²) in [5.41, 5.74) is 3.03. The van der Waals surface area contributed by atoms with Crippen molar-refractivity contribution in [1.82, 2.24) is 0 Å². The van der Waals surface area contributed by atoms with Gasteiger partial charge in [0.05, 0.1) is 12.0 Å². The summed E-state index contributed by atoms with van der Waals surface area (Å²) in [7, 11) is 3.95. The van der Waals surface area contributed by atoms with Crippen molar-refractivity contribution in [3.05, 3.63) is 65.5 Å². The van der Waals surface area contributed by atoms with Crippen LogP contribution in [0.3, 0.4) is 0 Å². The van der Waals surface area contributed by atoms with Crippen LogP contribution in [0.5, 0.6) is 0 Å². The van der Waals surface area contributed by atoms with Gasteiger partial charge in [-0.25, -0.2) is 4.39 Å². The molecular weight excluding hydrogens is 251 g/mol.